The van der Waals surface area contributed by atoms with Crippen molar-refractivity contribution in [1.29, 1.82) is 0 Å². The number of imidazole rings is 1. The van der Waals surface area contributed by atoms with Gasteiger partial charge in [0, 0.05) is 31.7 Å². The minimum Gasteiger partial charge on any atom is -0.406 e. The molecule has 1 amide bonds. The van der Waals surface area contributed by atoms with Gasteiger partial charge in [0.05, 0.1) is 29.7 Å². The molecule has 0 bridgehead atoms. The maximum atomic E-state index is 12.3. The van der Waals surface area contributed by atoms with Crippen LogP contribution in [0.3, 0.4) is 0 Å². The van der Waals surface area contributed by atoms with E-state index < -0.39 is 6.09 Å². The lowest BCUT2D eigenvalue weighted by Crippen LogP contribution is -2.31. The number of hydrogen-bond donors (Lipinski definition) is 2. The number of hydrogen-bond acceptors (Lipinski definition) is 7. The first kappa shape index (κ1) is 24.6. The largest absolute Gasteiger partial charge is 0.412 e. The lowest BCUT2D eigenvalue weighted by molar-refractivity contribution is 0.153. The van der Waals surface area contributed by atoms with Crippen molar-refractivity contribution in [2.75, 3.05) is 0 Å². The van der Waals surface area contributed by atoms with E-state index in [9.17, 15) is 4.79 Å². The second-order valence-corrected chi connectivity index (χ2v) is 9.33. The lowest BCUT2D eigenvalue weighted by Gasteiger charge is -2.34. The average molecular weight is 498 g/mol. The van der Waals surface area contributed by atoms with Crippen LogP contribution in [0.4, 0.5) is 4.79 Å². The lowest BCUT2D eigenvalue weighted by atomic mass is 9.90. The standard InChI is InChI=1S/C28H31N7O2/c1-19-27(20(2)34-18-33-19)37-28(36)32-15-21-8-10-22(11-9-21)16-35(17-25-29-13-14-30-25)24-7-3-5-23-6-4-12-31-26(23)24/h4,6,8-14,18,24H,3,5,7,15-17H2,1-2H3,(H,29,30)(H,32,36). The number of nitrogens with one attached hydrogen (secondary N) is 2. The van der Waals surface area contributed by atoms with Crippen LogP contribution in [-0.4, -0.2) is 35.9 Å². The zero-order valence-electron chi connectivity index (χ0n) is 21.1. The Balaban J connectivity index is 1.24. The molecule has 0 saturated carbocycles. The Morgan fingerprint density at radius 3 is 2.57 bits per heavy atom. The van der Waals surface area contributed by atoms with Crippen molar-refractivity contribution in [2.24, 2.45) is 0 Å². The second-order valence-electron chi connectivity index (χ2n) is 9.33. The van der Waals surface area contributed by atoms with Gasteiger partial charge in [0.2, 0.25) is 0 Å². The van der Waals surface area contributed by atoms with Gasteiger partial charge in [0.15, 0.2) is 5.75 Å². The molecule has 9 heteroatoms. The van der Waals surface area contributed by atoms with Gasteiger partial charge in [-0.25, -0.2) is 19.7 Å². The zero-order valence-corrected chi connectivity index (χ0v) is 21.1. The Kier molecular flexibility index (Phi) is 7.51. The monoisotopic (exact) mass is 497 g/mol. The highest BCUT2D eigenvalue weighted by atomic mass is 16.6. The maximum Gasteiger partial charge on any atom is 0.412 e. The molecule has 37 heavy (non-hydrogen) atoms. The van der Waals surface area contributed by atoms with Crippen LogP contribution in [0.2, 0.25) is 0 Å². The number of aromatic nitrogens is 5. The number of nitrogens with zero attached hydrogens (tertiary/aromatic N) is 5. The van der Waals surface area contributed by atoms with E-state index >= 15 is 0 Å². The summed E-state index contributed by atoms with van der Waals surface area (Å²) in [6.45, 7) is 5.41. The summed E-state index contributed by atoms with van der Waals surface area (Å²) < 4.78 is 5.42. The van der Waals surface area contributed by atoms with Crippen LogP contribution in [0.5, 0.6) is 5.75 Å². The van der Waals surface area contributed by atoms with Crippen LogP contribution in [0.25, 0.3) is 0 Å². The Morgan fingerprint density at radius 2 is 1.81 bits per heavy atom. The number of carbonyl (C=O) groups is 1. The summed E-state index contributed by atoms with van der Waals surface area (Å²) in [6.07, 6.45) is 9.76. The fourth-order valence-corrected chi connectivity index (χ4v) is 4.82. The third-order valence-corrected chi connectivity index (χ3v) is 6.71. The molecule has 190 valence electrons. The van der Waals surface area contributed by atoms with Gasteiger partial charge in [-0.3, -0.25) is 9.88 Å². The number of aromatic amines is 1. The number of ether oxygens (including phenoxy) is 1. The van der Waals surface area contributed by atoms with Gasteiger partial charge in [-0.05, 0) is 55.9 Å². The van der Waals surface area contributed by atoms with E-state index in [-0.39, 0.29) is 6.04 Å². The van der Waals surface area contributed by atoms with Gasteiger partial charge < -0.3 is 15.0 Å². The van der Waals surface area contributed by atoms with Crippen molar-refractivity contribution in [1.82, 2.24) is 35.1 Å². The zero-order chi connectivity index (χ0) is 25.6. The van der Waals surface area contributed by atoms with Crippen LogP contribution in [0.1, 0.15) is 58.5 Å². The number of carbonyl (C=O) groups excluding carboxylic acids is 1. The van der Waals surface area contributed by atoms with Crippen molar-refractivity contribution < 1.29 is 9.53 Å². The first-order chi connectivity index (χ1) is 18.1. The van der Waals surface area contributed by atoms with Crippen LogP contribution < -0.4 is 10.1 Å². The first-order valence-corrected chi connectivity index (χ1v) is 12.5. The number of H-pyrrole nitrogens is 1. The predicted octanol–water partition coefficient (Wildman–Crippen LogP) is 4.58. The summed E-state index contributed by atoms with van der Waals surface area (Å²) in [4.78, 5) is 35.4. The molecule has 0 fully saturated rings. The smallest absolute Gasteiger partial charge is 0.406 e. The molecule has 0 saturated heterocycles. The van der Waals surface area contributed by atoms with Crippen LogP contribution in [-0.2, 0) is 26.1 Å². The van der Waals surface area contributed by atoms with E-state index in [1.165, 1.54) is 23.1 Å². The molecule has 0 aliphatic heterocycles. The second kappa shape index (κ2) is 11.3. The summed E-state index contributed by atoms with van der Waals surface area (Å²) >= 11 is 0. The van der Waals surface area contributed by atoms with E-state index in [2.05, 4.69) is 48.4 Å². The number of pyridine rings is 1. The Morgan fingerprint density at radius 1 is 1.03 bits per heavy atom. The molecule has 0 radical (unpaired) electrons. The van der Waals surface area contributed by atoms with Crippen molar-refractivity contribution >= 4 is 6.09 Å². The minimum absolute atomic E-state index is 0.236. The molecule has 0 spiro atoms. The van der Waals surface area contributed by atoms with Gasteiger partial charge in [0.25, 0.3) is 0 Å². The number of aryl methyl sites for hydroxylation is 3. The highest BCUT2D eigenvalue weighted by Crippen LogP contribution is 2.34. The van der Waals surface area contributed by atoms with Crippen molar-refractivity contribution in [3.05, 3.63) is 101 Å². The highest BCUT2D eigenvalue weighted by molar-refractivity contribution is 5.70. The number of fused-ring (bicyclic) bond motifs is 1. The molecule has 3 heterocycles. The third-order valence-electron chi connectivity index (χ3n) is 6.71. The average Bonchev–Trinajstić information content (AvgIpc) is 3.43. The van der Waals surface area contributed by atoms with Crippen LogP contribution >= 0.6 is 0 Å². The molecule has 5 rings (SSSR count). The van der Waals surface area contributed by atoms with Crippen molar-refractivity contribution in [2.45, 2.75) is 58.8 Å². The summed E-state index contributed by atoms with van der Waals surface area (Å²) in [7, 11) is 0. The molecular weight excluding hydrogens is 466 g/mol. The molecular formula is C28H31N7O2. The molecule has 9 nitrogen and oxygen atoms in total. The third kappa shape index (κ3) is 6.00. The summed E-state index contributed by atoms with van der Waals surface area (Å²) in [6, 6.07) is 12.8. The molecule has 4 aromatic rings. The Bertz CT molecular complexity index is 1320. The molecule has 2 N–H and O–H groups in total. The molecule has 1 unspecified atom stereocenters. The number of rotatable bonds is 8. The minimum atomic E-state index is -0.529. The fraction of sp³-hybridized carbons (Fsp3) is 0.321. The maximum absolute atomic E-state index is 12.3. The topological polar surface area (TPSA) is 109 Å². The van der Waals surface area contributed by atoms with E-state index in [1.54, 1.807) is 20.0 Å². The molecule has 1 aromatic carbocycles. The van der Waals surface area contributed by atoms with Crippen LogP contribution in [0, 0.1) is 13.8 Å². The van der Waals surface area contributed by atoms with Gasteiger partial charge >= 0.3 is 6.09 Å². The van der Waals surface area contributed by atoms with Gasteiger partial charge in [-0.2, -0.15) is 0 Å². The number of amides is 1. The molecule has 1 atom stereocenters. The van der Waals surface area contributed by atoms with E-state index in [0.29, 0.717) is 30.2 Å². The van der Waals surface area contributed by atoms with Crippen LogP contribution in [0.15, 0.2) is 61.3 Å². The van der Waals surface area contributed by atoms with Gasteiger partial charge in [-0.15, -0.1) is 0 Å². The summed E-state index contributed by atoms with van der Waals surface area (Å²) in [5.41, 5.74) is 5.94. The van der Waals surface area contributed by atoms with E-state index in [4.69, 9.17) is 9.72 Å². The van der Waals surface area contributed by atoms with Crippen molar-refractivity contribution in [3.8, 4) is 5.75 Å². The Hall–Kier alpha value is -4.11. The van der Waals surface area contributed by atoms with E-state index in [1.807, 2.05) is 30.6 Å². The quantitative estimate of drug-likeness (QED) is 0.367. The van der Waals surface area contributed by atoms with E-state index in [0.717, 1.165) is 37.2 Å². The SMILES string of the molecule is Cc1ncnc(C)c1OC(=O)NCc1ccc(CN(Cc2ncc[nH]2)C2CCCc3cccnc32)cc1. The molecule has 1 aliphatic rings. The van der Waals surface area contributed by atoms with Gasteiger partial charge in [-0.1, -0.05) is 30.3 Å². The summed E-state index contributed by atoms with van der Waals surface area (Å²) in [5.74, 6) is 1.34. The summed E-state index contributed by atoms with van der Waals surface area (Å²) in [5, 5.41) is 2.81. The first-order valence-electron chi connectivity index (χ1n) is 12.5. The number of benzene rings is 1. The fourth-order valence-electron chi connectivity index (χ4n) is 4.82. The van der Waals surface area contributed by atoms with Crippen molar-refractivity contribution in [3.63, 3.8) is 0 Å². The highest BCUT2D eigenvalue weighted by Gasteiger charge is 2.28. The predicted molar refractivity (Wildman–Crippen MR) is 139 cm³/mol. The van der Waals surface area contributed by atoms with Gasteiger partial charge in [0.1, 0.15) is 12.2 Å². The Labute approximate surface area is 216 Å². The normalized spacial score (nSPS) is 14.8. The molecule has 3 aromatic heterocycles. The molecule has 1 aliphatic carbocycles.